The molecule has 0 aromatic carbocycles. The summed E-state index contributed by atoms with van der Waals surface area (Å²) in [4.78, 5) is 15.9. The first kappa shape index (κ1) is 18.2. The van der Waals surface area contributed by atoms with Crippen LogP contribution in [0.3, 0.4) is 0 Å². The lowest BCUT2D eigenvalue weighted by Gasteiger charge is -2.29. The van der Waals surface area contributed by atoms with Gasteiger partial charge in [-0.3, -0.25) is 4.90 Å². The number of carbonyl (C=O) groups excluding carboxylic acids is 1. The molecule has 1 aliphatic heterocycles. The molecule has 1 fully saturated rings. The van der Waals surface area contributed by atoms with Gasteiger partial charge in [-0.15, -0.1) is 0 Å². The highest BCUT2D eigenvalue weighted by Crippen LogP contribution is 2.03. The van der Waals surface area contributed by atoms with Gasteiger partial charge in [0.15, 0.2) is 0 Å². The molecule has 1 aliphatic rings. The number of nitrogens with zero attached hydrogens (tertiary/aromatic N) is 2. The van der Waals surface area contributed by atoms with Crippen LogP contribution in [0, 0.1) is 0 Å². The fourth-order valence-corrected chi connectivity index (χ4v) is 3.49. The third-order valence-electron chi connectivity index (χ3n) is 3.49. The number of rotatable bonds is 7. The average Bonchev–Trinajstić information content (AvgIpc) is 2.38. The second kappa shape index (κ2) is 8.55. The highest BCUT2D eigenvalue weighted by atomic mass is 32.2. The molecule has 7 nitrogen and oxygen atoms in total. The molecule has 0 aromatic heterocycles. The van der Waals surface area contributed by atoms with Gasteiger partial charge in [0.05, 0.1) is 19.0 Å². The van der Waals surface area contributed by atoms with Gasteiger partial charge in [-0.2, -0.15) is 0 Å². The van der Waals surface area contributed by atoms with E-state index < -0.39 is 9.84 Å². The van der Waals surface area contributed by atoms with E-state index in [0.717, 1.165) is 32.8 Å². The highest BCUT2D eigenvalue weighted by molar-refractivity contribution is 7.90. The molecule has 0 bridgehead atoms. The molecule has 1 heterocycles. The maximum Gasteiger partial charge on any atom is 0.317 e. The lowest BCUT2D eigenvalue weighted by Crippen LogP contribution is -2.49. The molecule has 8 heteroatoms. The van der Waals surface area contributed by atoms with Crippen molar-refractivity contribution in [3.05, 3.63) is 0 Å². The van der Waals surface area contributed by atoms with Crippen LogP contribution in [0.15, 0.2) is 0 Å². The second-order valence-electron chi connectivity index (χ2n) is 5.41. The van der Waals surface area contributed by atoms with E-state index in [2.05, 4.69) is 10.2 Å². The maximum absolute atomic E-state index is 12.1. The van der Waals surface area contributed by atoms with Gasteiger partial charge in [-0.1, -0.05) is 0 Å². The number of ether oxygens (including phenoxy) is 1. The fraction of sp³-hybridized carbons (Fsp3) is 0.923. The van der Waals surface area contributed by atoms with E-state index in [1.165, 1.54) is 6.26 Å². The van der Waals surface area contributed by atoms with Crippen molar-refractivity contribution in [2.24, 2.45) is 0 Å². The summed E-state index contributed by atoms with van der Waals surface area (Å²) in [6.07, 6.45) is 1.19. The van der Waals surface area contributed by atoms with E-state index in [9.17, 15) is 13.2 Å². The van der Waals surface area contributed by atoms with E-state index in [1.54, 1.807) is 11.8 Å². The van der Waals surface area contributed by atoms with Crippen LogP contribution in [-0.2, 0) is 14.6 Å². The van der Waals surface area contributed by atoms with Crippen LogP contribution in [-0.4, -0.2) is 88.2 Å². The molecule has 124 valence electrons. The molecule has 0 radical (unpaired) electrons. The zero-order chi connectivity index (χ0) is 15.9. The van der Waals surface area contributed by atoms with Crippen LogP contribution in [0.2, 0.25) is 0 Å². The van der Waals surface area contributed by atoms with Crippen LogP contribution < -0.4 is 5.32 Å². The summed E-state index contributed by atoms with van der Waals surface area (Å²) in [5.41, 5.74) is 0. The zero-order valence-corrected chi connectivity index (χ0v) is 14.0. The summed E-state index contributed by atoms with van der Waals surface area (Å²) >= 11 is 0. The Kier molecular flexibility index (Phi) is 7.41. The van der Waals surface area contributed by atoms with Crippen molar-refractivity contribution in [3.63, 3.8) is 0 Å². The van der Waals surface area contributed by atoms with Crippen molar-refractivity contribution < 1.29 is 17.9 Å². The standard InChI is InChI=1S/C13H27N3O4S/c1-4-16(12(2)11-21(3,18)19)13(17)14-5-6-15-7-9-20-10-8-15/h12H,4-11H2,1-3H3,(H,14,17). The van der Waals surface area contributed by atoms with Gasteiger partial charge in [-0.25, -0.2) is 13.2 Å². The molecule has 21 heavy (non-hydrogen) atoms. The number of morpholine rings is 1. The summed E-state index contributed by atoms with van der Waals surface area (Å²) in [6, 6.07) is -0.532. The summed E-state index contributed by atoms with van der Waals surface area (Å²) in [5.74, 6) is -0.0161. The molecule has 1 saturated heterocycles. The topological polar surface area (TPSA) is 79.0 Å². The van der Waals surface area contributed by atoms with Gasteiger partial charge < -0.3 is 15.0 Å². The van der Waals surface area contributed by atoms with Crippen LogP contribution >= 0.6 is 0 Å². The maximum atomic E-state index is 12.1. The first-order chi connectivity index (χ1) is 9.83. The van der Waals surface area contributed by atoms with E-state index in [4.69, 9.17) is 4.74 Å². The number of hydrogen-bond donors (Lipinski definition) is 1. The summed E-state index contributed by atoms with van der Waals surface area (Å²) in [6.45, 7) is 8.68. The van der Waals surface area contributed by atoms with Crippen LogP contribution in [0.25, 0.3) is 0 Å². The Morgan fingerprint density at radius 1 is 1.38 bits per heavy atom. The van der Waals surface area contributed by atoms with Gasteiger partial charge in [0.2, 0.25) is 0 Å². The smallest absolute Gasteiger partial charge is 0.317 e. The molecule has 1 atom stereocenters. The minimum absolute atomic E-state index is 0.0161. The Bertz CT molecular complexity index is 421. The normalized spacial score (nSPS) is 18.2. The molecular weight excluding hydrogens is 294 g/mol. The predicted molar refractivity (Wildman–Crippen MR) is 82.2 cm³/mol. The molecule has 0 saturated carbocycles. The summed E-state index contributed by atoms with van der Waals surface area (Å²) < 4.78 is 27.9. The Labute approximate surface area is 127 Å². The monoisotopic (exact) mass is 321 g/mol. The van der Waals surface area contributed by atoms with E-state index in [0.29, 0.717) is 13.1 Å². The molecule has 1 N–H and O–H groups in total. The molecule has 0 aliphatic carbocycles. The zero-order valence-electron chi connectivity index (χ0n) is 13.2. The van der Waals surface area contributed by atoms with Crippen LogP contribution in [0.5, 0.6) is 0 Å². The second-order valence-corrected chi connectivity index (χ2v) is 7.60. The van der Waals surface area contributed by atoms with Crippen molar-refractivity contribution in [3.8, 4) is 0 Å². The average molecular weight is 321 g/mol. The Hall–Kier alpha value is -0.860. The van der Waals surface area contributed by atoms with Gasteiger partial charge in [0.1, 0.15) is 9.84 Å². The van der Waals surface area contributed by atoms with Gasteiger partial charge >= 0.3 is 6.03 Å². The van der Waals surface area contributed by atoms with E-state index in [1.807, 2.05) is 6.92 Å². The minimum atomic E-state index is -3.09. The van der Waals surface area contributed by atoms with Crippen molar-refractivity contribution in [1.29, 1.82) is 0 Å². The number of urea groups is 1. The summed E-state index contributed by atoms with van der Waals surface area (Å²) in [7, 11) is -3.09. The first-order valence-corrected chi connectivity index (χ1v) is 9.42. The highest BCUT2D eigenvalue weighted by Gasteiger charge is 2.21. The third kappa shape index (κ3) is 7.10. The number of carbonyl (C=O) groups is 1. The quantitative estimate of drug-likeness (QED) is 0.701. The van der Waals surface area contributed by atoms with Crippen molar-refractivity contribution in [1.82, 2.24) is 15.1 Å². The lowest BCUT2D eigenvalue weighted by molar-refractivity contribution is 0.0385. The Morgan fingerprint density at radius 2 is 2.00 bits per heavy atom. The van der Waals surface area contributed by atoms with Crippen LogP contribution in [0.1, 0.15) is 13.8 Å². The summed E-state index contributed by atoms with van der Waals surface area (Å²) in [5, 5.41) is 2.86. The largest absolute Gasteiger partial charge is 0.379 e. The predicted octanol–water partition coefficient (Wildman–Crippen LogP) is -0.217. The van der Waals surface area contributed by atoms with Gasteiger partial charge in [0.25, 0.3) is 0 Å². The molecular formula is C13H27N3O4S. The molecule has 1 rings (SSSR count). The molecule has 0 spiro atoms. The lowest BCUT2D eigenvalue weighted by atomic mass is 10.3. The third-order valence-corrected chi connectivity index (χ3v) is 4.57. The van der Waals surface area contributed by atoms with Crippen LogP contribution in [0.4, 0.5) is 4.79 Å². The van der Waals surface area contributed by atoms with Gasteiger partial charge in [0, 0.05) is 45.0 Å². The number of nitrogens with one attached hydrogen (secondary N) is 1. The van der Waals surface area contributed by atoms with E-state index >= 15 is 0 Å². The van der Waals surface area contributed by atoms with Crippen molar-refractivity contribution in [2.45, 2.75) is 19.9 Å². The molecule has 2 amide bonds. The minimum Gasteiger partial charge on any atom is -0.379 e. The fourth-order valence-electron chi connectivity index (χ4n) is 2.43. The SMILES string of the molecule is CCN(C(=O)NCCN1CCOCC1)C(C)CS(C)(=O)=O. The van der Waals surface area contributed by atoms with Crippen molar-refractivity contribution in [2.75, 3.05) is 57.9 Å². The molecule has 0 aromatic rings. The number of sulfone groups is 1. The van der Waals surface area contributed by atoms with Gasteiger partial charge in [-0.05, 0) is 13.8 Å². The van der Waals surface area contributed by atoms with E-state index in [-0.39, 0.29) is 17.8 Å². The number of amides is 2. The van der Waals surface area contributed by atoms with Crippen molar-refractivity contribution >= 4 is 15.9 Å². The first-order valence-electron chi connectivity index (χ1n) is 7.35. The Morgan fingerprint density at radius 3 is 2.52 bits per heavy atom. The number of hydrogen-bond acceptors (Lipinski definition) is 5. The molecule has 1 unspecified atom stereocenters. The Balaban J connectivity index is 2.36.